The summed E-state index contributed by atoms with van der Waals surface area (Å²) < 4.78 is 0. The van der Waals surface area contributed by atoms with Crippen LogP contribution in [-0.4, -0.2) is 277 Å². The van der Waals surface area contributed by atoms with Crippen molar-refractivity contribution in [2.24, 2.45) is 23.5 Å². The fourth-order valence-corrected chi connectivity index (χ4v) is 16.6. The van der Waals surface area contributed by atoms with Crippen molar-refractivity contribution in [3.05, 3.63) is 162 Å². The number of carboxylic acid groups (broad SMARTS) is 1. The van der Waals surface area contributed by atoms with Crippen molar-refractivity contribution in [1.29, 1.82) is 0 Å². The molecule has 1 saturated heterocycles. The van der Waals surface area contributed by atoms with Crippen molar-refractivity contribution in [3.8, 4) is 11.5 Å². The quantitative estimate of drug-likeness (QED) is 0.0438. The van der Waals surface area contributed by atoms with Gasteiger partial charge in [0, 0.05) is 90.9 Å². The number of fused-ring (bicyclic) bond motifs is 1. The van der Waals surface area contributed by atoms with Gasteiger partial charge in [-0.2, -0.15) is 0 Å². The molecule has 696 valence electrons. The molecule has 4 aromatic carbocycles. The van der Waals surface area contributed by atoms with Gasteiger partial charge in [-0.1, -0.05) is 164 Å². The third-order valence-corrected chi connectivity index (χ3v) is 24.0. The van der Waals surface area contributed by atoms with Crippen LogP contribution in [0.15, 0.2) is 134 Å². The number of nitrogens with zero attached hydrogens (tertiary/aromatic N) is 6. The second-order valence-corrected chi connectivity index (χ2v) is 35.0. The summed E-state index contributed by atoms with van der Waals surface area (Å²) in [5.74, 6) is -17.1. The summed E-state index contributed by atoms with van der Waals surface area (Å²) in [6, 6.07) is 15.3. The summed E-state index contributed by atoms with van der Waals surface area (Å²) in [5, 5.41) is 55.6. The summed E-state index contributed by atoms with van der Waals surface area (Å²) in [6.07, 6.45) is 5.99. The molecule has 15 N–H and O–H groups in total. The first-order valence-corrected chi connectivity index (χ1v) is 44.6. The highest BCUT2D eigenvalue weighted by molar-refractivity contribution is 8.00. The average Bonchev–Trinajstić information content (AvgIpc) is 1.50. The number of hydrogen-bond donors (Lipinski definition) is 14. The number of primary amides is 1. The number of carboxylic acids is 1. The van der Waals surface area contributed by atoms with Crippen LogP contribution >= 0.6 is 11.8 Å². The number of nitrogens with two attached hydrogens (primary N) is 1. The van der Waals surface area contributed by atoms with Crippen LogP contribution in [-0.2, 0) is 109 Å². The predicted molar refractivity (Wildman–Crippen MR) is 481 cm³/mol. The van der Waals surface area contributed by atoms with E-state index < -0.39 is 199 Å². The minimum absolute atomic E-state index is 0.0501. The molecular formula is C92H123N17O19S. The zero-order valence-corrected chi connectivity index (χ0v) is 75.5. The lowest BCUT2D eigenvalue weighted by atomic mass is 9.84. The molecule has 2 fully saturated rings. The van der Waals surface area contributed by atoms with Crippen molar-refractivity contribution in [3.63, 3.8) is 0 Å². The summed E-state index contributed by atoms with van der Waals surface area (Å²) in [7, 11) is 6.62. The first kappa shape index (κ1) is 101. The molecule has 2 aliphatic rings. The first-order chi connectivity index (χ1) is 61.4. The number of phenols is 2. The fourth-order valence-electron chi connectivity index (χ4n) is 15.8. The third kappa shape index (κ3) is 30.9. The summed E-state index contributed by atoms with van der Waals surface area (Å²) >= 11 is 0.865. The van der Waals surface area contributed by atoms with Crippen LogP contribution < -0.4 is 53.6 Å². The second kappa shape index (κ2) is 49.4. The topological polar surface area (TPSA) is 513 Å². The summed E-state index contributed by atoms with van der Waals surface area (Å²) in [4.78, 5) is 248. The van der Waals surface area contributed by atoms with Crippen LogP contribution in [0.1, 0.15) is 133 Å². The number of carbonyl (C=O) groups is 16. The van der Waals surface area contributed by atoms with Gasteiger partial charge in [0.2, 0.25) is 88.6 Å². The molecule has 1 unspecified atom stereocenters. The van der Waals surface area contributed by atoms with Crippen LogP contribution in [0.3, 0.4) is 0 Å². The molecule has 129 heavy (non-hydrogen) atoms. The molecule has 6 aromatic rings. The number of unbranched alkanes of at least 4 members (excludes halogenated alkanes) is 1. The van der Waals surface area contributed by atoms with Gasteiger partial charge in [0.05, 0.1) is 31.8 Å². The Kier molecular flexibility index (Phi) is 38.8. The van der Waals surface area contributed by atoms with Gasteiger partial charge >= 0.3 is 5.97 Å². The van der Waals surface area contributed by atoms with E-state index in [1.807, 2.05) is 6.92 Å². The normalized spacial score (nSPS) is 22.8. The Morgan fingerprint density at radius 3 is 1.58 bits per heavy atom. The molecule has 1 aliphatic carbocycles. The Bertz CT molecular complexity index is 4880. The smallest absolute Gasteiger partial charge is 0.305 e. The number of H-pyrrole nitrogens is 1. The van der Waals surface area contributed by atoms with Gasteiger partial charge in [-0.3, -0.25) is 76.7 Å². The molecule has 37 heteroatoms. The number of aromatic hydroxyl groups is 2. The van der Waals surface area contributed by atoms with E-state index in [1.165, 1.54) is 99.8 Å². The SMILES string of the molecule is CCCC[C@@H]1C(=O)N(C)CC(=O)N[C@@H](CC(=O)O)C(=O)N[C@@H](C(C)C)C(=O)N(C)[C@@H](Cc2ccccc2)C(=O)N[C@@H](Cc2ccc(O)cc2)C(=O)N(C)CC(=O)NC(Cc2c[nH]c3ncccc23)C(=O)N[C@@H](Cc2ccc(O)cc2)C(=O)N[C@@H](CC(C)C)C(=O)N[C@H](C(=O)NCC(N)=O)CSCC(=O)N[C@@H](CC2CCCCC2)C(=O)N(C)[C@@H](Cc2ccccc2)C(=O)N1C. The fraction of sp³-hybridized carbons (Fsp3) is 0.489. The molecule has 0 bridgehead atoms. The van der Waals surface area contributed by atoms with E-state index in [4.69, 9.17) is 5.73 Å². The van der Waals surface area contributed by atoms with Crippen LogP contribution in [0.4, 0.5) is 0 Å². The lowest BCUT2D eigenvalue weighted by Crippen LogP contribution is -2.61. The van der Waals surface area contributed by atoms with Gasteiger partial charge in [0.25, 0.3) is 0 Å². The molecule has 0 spiro atoms. The number of rotatable bonds is 23. The largest absolute Gasteiger partial charge is 0.508 e. The Labute approximate surface area is 754 Å². The van der Waals surface area contributed by atoms with Gasteiger partial charge in [-0.15, -0.1) is 11.8 Å². The highest BCUT2D eigenvalue weighted by Crippen LogP contribution is 2.30. The minimum atomic E-state index is -1.90. The Hall–Kier alpha value is -13.0. The van der Waals surface area contributed by atoms with Gasteiger partial charge < -0.3 is 98.4 Å². The van der Waals surface area contributed by atoms with E-state index in [-0.39, 0.29) is 80.5 Å². The zero-order chi connectivity index (χ0) is 94.3. The first-order valence-electron chi connectivity index (χ1n) is 43.5. The minimum Gasteiger partial charge on any atom is -0.508 e. The Balaban J connectivity index is 1.21. The van der Waals surface area contributed by atoms with Crippen molar-refractivity contribution >= 4 is 117 Å². The van der Waals surface area contributed by atoms with E-state index in [0.717, 1.165) is 58.6 Å². The monoisotopic (exact) mass is 1800 g/mol. The third-order valence-electron chi connectivity index (χ3n) is 22.9. The van der Waals surface area contributed by atoms with E-state index in [1.54, 1.807) is 107 Å². The number of benzene rings is 4. The number of aromatic amines is 1. The van der Waals surface area contributed by atoms with Gasteiger partial charge in [-0.05, 0) is 101 Å². The van der Waals surface area contributed by atoms with Crippen LogP contribution in [0.5, 0.6) is 11.5 Å². The molecule has 36 nitrogen and oxygen atoms in total. The van der Waals surface area contributed by atoms with Crippen molar-refractivity contribution in [2.45, 2.75) is 204 Å². The number of phenolic OH excluding ortho intramolecular Hbond substituents is 2. The van der Waals surface area contributed by atoms with Gasteiger partial charge in [-0.25, -0.2) is 4.98 Å². The molecule has 8 rings (SSSR count). The number of nitrogens with one attached hydrogen (secondary N) is 10. The number of aromatic nitrogens is 2. The number of hydrogen-bond acceptors (Lipinski definition) is 20. The number of aliphatic carboxylic acids is 1. The molecular weight excluding hydrogens is 1680 g/mol. The maximum atomic E-state index is 15.6. The van der Waals surface area contributed by atoms with E-state index in [9.17, 15) is 53.7 Å². The zero-order valence-electron chi connectivity index (χ0n) is 74.7. The number of carbonyl (C=O) groups excluding carboxylic acids is 15. The lowest BCUT2D eigenvalue weighted by Gasteiger charge is -2.37. The molecule has 2 aromatic heterocycles. The van der Waals surface area contributed by atoms with E-state index in [2.05, 4.69) is 57.8 Å². The second-order valence-electron chi connectivity index (χ2n) is 34.0. The van der Waals surface area contributed by atoms with Gasteiger partial charge in [0.15, 0.2) is 0 Å². The highest BCUT2D eigenvalue weighted by atomic mass is 32.2. The van der Waals surface area contributed by atoms with E-state index in [0.29, 0.717) is 51.7 Å². The number of likely N-dealkylation sites (N-methyl/N-ethyl adjacent to an activating group) is 5. The lowest BCUT2D eigenvalue weighted by molar-refractivity contribution is -0.151. The molecule has 1 saturated carbocycles. The number of pyridine rings is 1. The Morgan fingerprint density at radius 1 is 0.512 bits per heavy atom. The molecule has 11 atom stereocenters. The van der Waals surface area contributed by atoms with Crippen LogP contribution in [0.2, 0.25) is 0 Å². The summed E-state index contributed by atoms with van der Waals surface area (Å²) in [5.41, 5.74) is 8.27. The average molecular weight is 1800 g/mol. The predicted octanol–water partition coefficient (Wildman–Crippen LogP) is 2.45. The number of thioether (sulfide) groups is 1. The van der Waals surface area contributed by atoms with Crippen molar-refractivity contribution in [1.82, 2.24) is 82.3 Å². The number of amides is 15. The standard InChI is InChI=1S/C92H123N17O19S/c1-11-12-30-72-90(126)106(7)51-77(114)98-68(47-79(116)117)86(122)104-80(55(4)5)92(128)108(9)73(44-57-25-18-14-19-26-57)87(123)102-69(43-60-33-37-63(111)38-34-60)88(124)105(6)50-76(113)97-67(46-61-48-95-81-64(61)29-22-39-94-81)85(121)101-66(41-59-31-35-62(110)36-32-59)84(120)100-65(40-54(2)3)83(119)103-71(82(118)96-49-75(93)112)52-129-53-78(115)99-70(42-56-23-16-13-17-24-56)89(125)109(10)74(91(127)107(72)8)45-58-27-20-15-21-28-58/h14-15,18-22,25-29,31-39,48,54-56,65-74,80,110-111H,11-13,16-17,23-24,30,40-47,49-53H2,1-10H3,(H2,93,112)(H,94,95)(H,96,118)(H,97,113)(H,98,114)(H,99,115)(H,100,120)(H,101,121)(H,102,123)(H,103,119)(H,104,122)(H,116,117)/t65-,66-,67?,68-,69-,70-,71-,72+,73-,74-,80-/m0/s1. The van der Waals surface area contributed by atoms with Gasteiger partial charge in [0.1, 0.15) is 83.6 Å². The van der Waals surface area contributed by atoms with Crippen LogP contribution in [0.25, 0.3) is 11.0 Å². The maximum absolute atomic E-state index is 15.6. The molecule has 15 amide bonds. The molecule has 0 radical (unpaired) electrons. The Morgan fingerprint density at radius 2 is 1.02 bits per heavy atom. The van der Waals surface area contributed by atoms with Crippen LogP contribution in [0, 0.1) is 17.8 Å². The molecule has 1 aliphatic heterocycles. The van der Waals surface area contributed by atoms with Crippen molar-refractivity contribution in [2.75, 3.05) is 66.4 Å². The summed E-state index contributed by atoms with van der Waals surface area (Å²) in [6.45, 7) is 6.22. The highest BCUT2D eigenvalue weighted by Gasteiger charge is 2.43. The molecule has 3 heterocycles. The maximum Gasteiger partial charge on any atom is 0.305 e. The van der Waals surface area contributed by atoms with E-state index >= 15 is 38.4 Å². The van der Waals surface area contributed by atoms with Crippen molar-refractivity contribution < 1.29 is 92.0 Å².